The Labute approximate surface area is 307 Å². The van der Waals surface area contributed by atoms with Gasteiger partial charge in [0.2, 0.25) is 5.43 Å². The molecule has 11 heteroatoms. The van der Waals surface area contributed by atoms with E-state index < -0.39 is 10.9 Å². The highest BCUT2D eigenvalue weighted by Crippen LogP contribution is 2.51. The maximum absolute atomic E-state index is 13.1. The molecule has 0 fully saturated rings. The van der Waals surface area contributed by atoms with E-state index in [0.717, 1.165) is 82.9 Å². The first-order chi connectivity index (χ1) is 25.4. The van der Waals surface area contributed by atoms with Gasteiger partial charge in [0.05, 0.1) is 29.1 Å². The van der Waals surface area contributed by atoms with Crippen molar-refractivity contribution >= 4 is 111 Å². The molecule has 0 saturated heterocycles. The van der Waals surface area contributed by atoms with Crippen molar-refractivity contribution in [2.24, 2.45) is 4.99 Å². The van der Waals surface area contributed by atoms with Gasteiger partial charge in [0.25, 0.3) is 5.43 Å². The Balaban J connectivity index is 1.23. The lowest BCUT2D eigenvalue weighted by Gasteiger charge is -2.24. The molecule has 0 atom stereocenters. The van der Waals surface area contributed by atoms with E-state index in [1.165, 1.54) is 11.1 Å². The molecule has 8 nitrogen and oxygen atoms in total. The zero-order chi connectivity index (χ0) is 35.1. The van der Waals surface area contributed by atoms with E-state index in [9.17, 15) is 9.59 Å². The van der Waals surface area contributed by atoms with Crippen LogP contribution in [0, 0.1) is 13.8 Å². The van der Waals surface area contributed by atoms with Crippen LogP contribution in [0.25, 0.3) is 64.8 Å². The Morgan fingerprint density at radius 3 is 1.75 bits per heavy atom. The van der Waals surface area contributed by atoms with Gasteiger partial charge < -0.3 is 4.90 Å². The van der Waals surface area contributed by atoms with Gasteiger partial charge in [0.15, 0.2) is 0 Å². The third-order valence-electron chi connectivity index (χ3n) is 9.56. The summed E-state index contributed by atoms with van der Waals surface area (Å²) in [4.78, 5) is 34.1. The van der Waals surface area contributed by atoms with Crippen molar-refractivity contribution in [1.29, 1.82) is 0 Å². The predicted octanol–water partition coefficient (Wildman–Crippen LogP) is 9.80. The molecule has 3 heterocycles. The van der Waals surface area contributed by atoms with Gasteiger partial charge in [-0.25, -0.2) is 4.99 Å². The van der Waals surface area contributed by atoms with Gasteiger partial charge in [-0.05, 0) is 50.2 Å². The van der Waals surface area contributed by atoms with Gasteiger partial charge in [-0.3, -0.25) is 9.59 Å². The lowest BCUT2D eigenvalue weighted by Crippen LogP contribution is -2.30. The number of aryl methyl sites for hydroxylation is 2. The van der Waals surface area contributed by atoms with Crippen LogP contribution in [0.3, 0.4) is 0 Å². The molecule has 0 amide bonds. The summed E-state index contributed by atoms with van der Waals surface area (Å²) in [7, 11) is 0. The zero-order valence-electron chi connectivity index (χ0n) is 27.6. The van der Waals surface area contributed by atoms with E-state index in [1.807, 2.05) is 6.07 Å². The largest absolute Gasteiger partial charge is 0.301 e. The van der Waals surface area contributed by atoms with Crippen molar-refractivity contribution in [3.8, 4) is 10.4 Å². The first-order valence-electron chi connectivity index (χ1n) is 16.5. The Bertz CT molecular complexity index is 3160. The summed E-state index contributed by atoms with van der Waals surface area (Å²) in [5.74, 6) is 0. The second kappa shape index (κ2) is 11.8. The molecular formula is C41H24N6O2S3. The summed E-state index contributed by atoms with van der Waals surface area (Å²) in [5, 5.41) is 6.00. The second-order valence-electron chi connectivity index (χ2n) is 12.8. The van der Waals surface area contributed by atoms with Crippen molar-refractivity contribution in [3.63, 3.8) is 0 Å². The quantitative estimate of drug-likeness (QED) is 0.163. The van der Waals surface area contributed by atoms with E-state index in [0.29, 0.717) is 27.5 Å². The third-order valence-corrected chi connectivity index (χ3v) is 11.9. The van der Waals surface area contributed by atoms with Crippen molar-refractivity contribution in [2.45, 2.75) is 13.8 Å². The fourth-order valence-electron chi connectivity index (χ4n) is 6.98. The summed E-state index contributed by atoms with van der Waals surface area (Å²) < 4.78 is 19.0. The van der Waals surface area contributed by atoms with Gasteiger partial charge in [0, 0.05) is 54.1 Å². The Hall–Kier alpha value is -6.01. The number of hydrogen-bond donors (Lipinski definition) is 0. The van der Waals surface area contributed by atoms with Crippen molar-refractivity contribution < 1.29 is 0 Å². The van der Waals surface area contributed by atoms with Crippen LogP contribution in [-0.4, -0.2) is 17.5 Å². The molecule has 0 radical (unpaired) electrons. The standard InChI is InChI=1S/C41H24N6O2S3/c1-21-11-15-23(16-12-21)47(24-17-13-22(2)14-18-24)41-28-10-6-5-9-27(28)40(50-41)31-19-29-30(33-35(31)45-51-43-33)20-32(37-34(29)44-52-46-37)42-36-25-7-3-4-8-26(25)38(48)39(36)49/h3-20H,1-2H3. The number of benzene rings is 6. The predicted molar refractivity (Wildman–Crippen MR) is 215 cm³/mol. The maximum atomic E-state index is 13.1. The van der Waals surface area contributed by atoms with Crippen LogP contribution in [0.4, 0.5) is 22.1 Å². The number of nitrogens with zero attached hydrogens (tertiary/aromatic N) is 6. The van der Waals surface area contributed by atoms with E-state index in [1.54, 1.807) is 35.6 Å². The highest BCUT2D eigenvalue weighted by molar-refractivity contribution is 7.22. The normalized spacial score (nSPS) is 12.3. The van der Waals surface area contributed by atoms with Crippen LogP contribution in [0.2, 0.25) is 0 Å². The molecule has 0 unspecified atom stereocenters. The van der Waals surface area contributed by atoms with E-state index in [2.05, 4.69) is 102 Å². The summed E-state index contributed by atoms with van der Waals surface area (Å²) in [5.41, 5.74) is 7.48. The fourth-order valence-corrected chi connectivity index (χ4v) is 9.46. The van der Waals surface area contributed by atoms with Crippen LogP contribution < -0.4 is 21.1 Å². The first-order valence-corrected chi connectivity index (χ1v) is 18.8. The second-order valence-corrected chi connectivity index (χ2v) is 14.8. The molecule has 0 aliphatic rings. The average Bonchev–Trinajstić information content (AvgIpc) is 3.98. The van der Waals surface area contributed by atoms with Crippen molar-refractivity contribution in [1.82, 2.24) is 17.5 Å². The minimum atomic E-state index is -0.626. The van der Waals surface area contributed by atoms with Crippen LogP contribution in [0.15, 0.2) is 124 Å². The molecule has 0 aliphatic carbocycles. The molecule has 10 aromatic rings. The molecular weight excluding hydrogens is 705 g/mol. The van der Waals surface area contributed by atoms with Crippen LogP contribution in [0.5, 0.6) is 0 Å². The Kier molecular flexibility index (Phi) is 6.97. The molecule has 0 aliphatic heterocycles. The Morgan fingerprint density at radius 2 is 1.08 bits per heavy atom. The molecule has 7 aromatic carbocycles. The average molecular weight is 729 g/mol. The van der Waals surface area contributed by atoms with Crippen LogP contribution in [0.1, 0.15) is 11.1 Å². The summed E-state index contributed by atoms with van der Waals surface area (Å²) in [6.07, 6.45) is 0. The third kappa shape index (κ3) is 4.67. The van der Waals surface area contributed by atoms with Crippen molar-refractivity contribution in [2.75, 3.05) is 4.90 Å². The summed E-state index contributed by atoms with van der Waals surface area (Å²) >= 11 is 3.96. The topological polar surface area (TPSA) is 101 Å². The van der Waals surface area contributed by atoms with Crippen LogP contribution in [-0.2, 0) is 0 Å². The molecule has 248 valence electrons. The smallest absolute Gasteiger partial charge is 0.252 e. The molecule has 0 N–H and O–H groups in total. The number of thiophene rings is 1. The SMILES string of the molecule is Cc1ccc(N(c2ccc(C)cc2)c2sc(-c3cc4c(cc(N=c5c(=O)c(=O)c6ccccc56)c5nsnc54)c4nsnc34)c3ccccc23)cc1. The van der Waals surface area contributed by atoms with Gasteiger partial charge in [0.1, 0.15) is 32.4 Å². The minimum absolute atomic E-state index is 0.114. The Morgan fingerprint density at radius 1 is 0.538 bits per heavy atom. The van der Waals surface area contributed by atoms with Crippen molar-refractivity contribution in [3.05, 3.63) is 146 Å². The highest BCUT2D eigenvalue weighted by atomic mass is 32.1. The van der Waals surface area contributed by atoms with E-state index in [4.69, 9.17) is 18.1 Å². The summed E-state index contributed by atoms with van der Waals surface area (Å²) in [6, 6.07) is 36.8. The maximum Gasteiger partial charge on any atom is 0.252 e. The molecule has 0 spiro atoms. The highest BCUT2D eigenvalue weighted by Gasteiger charge is 2.25. The fraction of sp³-hybridized carbons (Fsp3) is 0.0488. The van der Waals surface area contributed by atoms with Gasteiger partial charge >= 0.3 is 0 Å². The summed E-state index contributed by atoms with van der Waals surface area (Å²) in [6.45, 7) is 4.20. The molecule has 0 saturated carbocycles. The van der Waals surface area contributed by atoms with Crippen LogP contribution >= 0.6 is 34.8 Å². The molecule has 0 bridgehead atoms. The van der Waals surface area contributed by atoms with E-state index in [-0.39, 0.29) is 5.36 Å². The number of hydrogen-bond acceptors (Lipinski definition) is 11. The lowest BCUT2D eigenvalue weighted by molar-refractivity contribution is 1.30. The zero-order valence-corrected chi connectivity index (χ0v) is 30.1. The molecule has 3 aromatic heterocycles. The monoisotopic (exact) mass is 728 g/mol. The number of rotatable bonds is 5. The molecule has 10 rings (SSSR count). The van der Waals surface area contributed by atoms with Gasteiger partial charge in [-0.1, -0.05) is 83.9 Å². The minimum Gasteiger partial charge on any atom is -0.301 e. The number of anilines is 3. The first kappa shape index (κ1) is 30.8. The number of fused-ring (bicyclic) bond motifs is 7. The van der Waals surface area contributed by atoms with Gasteiger partial charge in [-0.15, -0.1) is 11.3 Å². The van der Waals surface area contributed by atoms with Gasteiger partial charge in [-0.2, -0.15) is 17.5 Å². The molecule has 52 heavy (non-hydrogen) atoms. The number of aromatic nitrogens is 4. The van der Waals surface area contributed by atoms with E-state index >= 15 is 0 Å². The lowest BCUT2D eigenvalue weighted by atomic mass is 9.99.